The van der Waals surface area contributed by atoms with Gasteiger partial charge in [-0.1, -0.05) is 23.4 Å². The van der Waals surface area contributed by atoms with E-state index in [0.717, 1.165) is 11.8 Å². The standard InChI is InChI=1S/C21H17ClN6O3S/c1-12(29)24-14-4-6-15(7-5-14)25-18(30)11-32-21-26-19-17(10-23-27-19)20(31)28(21)16-8-2-13(22)3-9-16/h2-10H,11H2,1H3,(H,23,27)(H,24,29)(H,25,30). The molecule has 162 valence electrons. The Kier molecular flexibility index (Phi) is 6.24. The number of fused-ring (bicyclic) bond motifs is 1. The summed E-state index contributed by atoms with van der Waals surface area (Å²) in [5.74, 6) is -0.428. The van der Waals surface area contributed by atoms with Gasteiger partial charge >= 0.3 is 0 Å². The van der Waals surface area contributed by atoms with Crippen LogP contribution in [0, 0.1) is 0 Å². The summed E-state index contributed by atoms with van der Waals surface area (Å²) in [5.41, 5.74) is 1.83. The molecule has 0 saturated heterocycles. The number of benzene rings is 2. The fourth-order valence-corrected chi connectivity index (χ4v) is 3.89. The molecule has 0 atom stereocenters. The molecule has 2 heterocycles. The Morgan fingerprint density at radius 2 is 1.72 bits per heavy atom. The SMILES string of the molecule is CC(=O)Nc1ccc(NC(=O)CSc2nc3[nH]ncc3c(=O)n2-c2ccc(Cl)cc2)cc1. The van der Waals surface area contributed by atoms with Gasteiger partial charge in [0, 0.05) is 23.3 Å². The van der Waals surface area contributed by atoms with Crippen LogP contribution in [0.2, 0.25) is 5.02 Å². The molecule has 2 aromatic heterocycles. The number of hydrogen-bond donors (Lipinski definition) is 3. The van der Waals surface area contributed by atoms with Gasteiger partial charge < -0.3 is 10.6 Å². The summed E-state index contributed by atoms with van der Waals surface area (Å²) in [4.78, 5) is 41.1. The molecule has 2 amide bonds. The fourth-order valence-electron chi connectivity index (χ4n) is 2.96. The molecule has 0 bridgehead atoms. The smallest absolute Gasteiger partial charge is 0.269 e. The quantitative estimate of drug-likeness (QED) is 0.294. The lowest BCUT2D eigenvalue weighted by Gasteiger charge is -2.12. The van der Waals surface area contributed by atoms with Crippen LogP contribution in [-0.2, 0) is 9.59 Å². The van der Waals surface area contributed by atoms with Crippen molar-refractivity contribution in [1.82, 2.24) is 19.7 Å². The van der Waals surface area contributed by atoms with Gasteiger partial charge in [-0.3, -0.25) is 24.0 Å². The third-order valence-electron chi connectivity index (χ3n) is 4.36. The van der Waals surface area contributed by atoms with Crippen LogP contribution in [0.4, 0.5) is 11.4 Å². The molecule has 3 N–H and O–H groups in total. The average Bonchev–Trinajstić information content (AvgIpc) is 3.23. The van der Waals surface area contributed by atoms with Gasteiger partial charge in [-0.05, 0) is 48.5 Å². The zero-order valence-corrected chi connectivity index (χ0v) is 18.3. The van der Waals surface area contributed by atoms with Gasteiger partial charge in [0.2, 0.25) is 11.8 Å². The molecule has 0 saturated carbocycles. The lowest BCUT2D eigenvalue weighted by Crippen LogP contribution is -2.22. The second-order valence-corrected chi connectivity index (χ2v) is 8.12. The second kappa shape index (κ2) is 9.25. The van der Waals surface area contributed by atoms with Gasteiger partial charge in [0.1, 0.15) is 5.39 Å². The minimum atomic E-state index is -0.303. The first-order chi connectivity index (χ1) is 15.4. The van der Waals surface area contributed by atoms with Crippen LogP contribution < -0.4 is 16.2 Å². The highest BCUT2D eigenvalue weighted by molar-refractivity contribution is 7.99. The molecule has 2 aromatic carbocycles. The number of rotatable bonds is 6. The first-order valence-electron chi connectivity index (χ1n) is 9.43. The first-order valence-corrected chi connectivity index (χ1v) is 10.8. The number of H-pyrrole nitrogens is 1. The Morgan fingerprint density at radius 1 is 1.06 bits per heavy atom. The number of carbonyl (C=O) groups is 2. The van der Waals surface area contributed by atoms with Crippen LogP contribution in [0.1, 0.15) is 6.92 Å². The summed E-state index contributed by atoms with van der Waals surface area (Å²) in [6, 6.07) is 13.5. The van der Waals surface area contributed by atoms with Gasteiger partial charge in [0.05, 0.1) is 17.6 Å². The van der Waals surface area contributed by atoms with Crippen molar-refractivity contribution in [1.29, 1.82) is 0 Å². The van der Waals surface area contributed by atoms with Crippen LogP contribution in [0.15, 0.2) is 64.7 Å². The van der Waals surface area contributed by atoms with E-state index >= 15 is 0 Å². The molecular formula is C21H17ClN6O3S. The Labute approximate surface area is 191 Å². The summed E-state index contributed by atoms with van der Waals surface area (Å²) >= 11 is 7.09. The Bertz CT molecular complexity index is 1350. The number of thioether (sulfide) groups is 1. The molecule has 32 heavy (non-hydrogen) atoms. The van der Waals surface area contributed by atoms with Crippen LogP contribution >= 0.6 is 23.4 Å². The summed E-state index contributed by atoms with van der Waals surface area (Å²) < 4.78 is 1.42. The number of carbonyl (C=O) groups excluding carboxylic acids is 2. The molecule has 4 rings (SSSR count). The molecule has 9 nitrogen and oxygen atoms in total. The third kappa shape index (κ3) is 4.82. The van der Waals surface area contributed by atoms with E-state index in [2.05, 4.69) is 25.8 Å². The highest BCUT2D eigenvalue weighted by Gasteiger charge is 2.16. The number of anilines is 2. The minimum Gasteiger partial charge on any atom is -0.326 e. The van der Waals surface area contributed by atoms with Crippen LogP contribution in [0.3, 0.4) is 0 Å². The van der Waals surface area contributed by atoms with Crippen molar-refractivity contribution in [2.75, 3.05) is 16.4 Å². The monoisotopic (exact) mass is 468 g/mol. The number of aromatic nitrogens is 4. The van der Waals surface area contributed by atoms with E-state index in [1.165, 1.54) is 17.7 Å². The van der Waals surface area contributed by atoms with Crippen molar-refractivity contribution >= 4 is 57.6 Å². The van der Waals surface area contributed by atoms with Gasteiger partial charge in [-0.25, -0.2) is 4.98 Å². The maximum Gasteiger partial charge on any atom is 0.269 e. The molecule has 0 radical (unpaired) electrons. The van der Waals surface area contributed by atoms with Gasteiger partial charge in [0.25, 0.3) is 5.56 Å². The predicted octanol–water partition coefficient (Wildman–Crippen LogP) is 3.45. The number of halogens is 1. The minimum absolute atomic E-state index is 0.0210. The lowest BCUT2D eigenvalue weighted by atomic mass is 10.3. The fraction of sp³-hybridized carbons (Fsp3) is 0.0952. The van der Waals surface area contributed by atoms with E-state index in [-0.39, 0.29) is 23.1 Å². The zero-order valence-electron chi connectivity index (χ0n) is 16.8. The number of hydrogen-bond acceptors (Lipinski definition) is 6. The highest BCUT2D eigenvalue weighted by atomic mass is 35.5. The Hall–Kier alpha value is -3.63. The molecule has 0 aliphatic rings. The summed E-state index contributed by atoms with van der Waals surface area (Å²) in [7, 11) is 0. The van der Waals surface area contributed by atoms with E-state index in [0.29, 0.717) is 38.3 Å². The van der Waals surface area contributed by atoms with Crippen molar-refractivity contribution in [3.05, 3.63) is 70.1 Å². The molecule has 0 aliphatic heterocycles. The Morgan fingerprint density at radius 3 is 2.38 bits per heavy atom. The van der Waals surface area contributed by atoms with E-state index in [4.69, 9.17) is 11.6 Å². The lowest BCUT2D eigenvalue weighted by molar-refractivity contribution is -0.114. The number of amides is 2. The van der Waals surface area contributed by atoms with E-state index < -0.39 is 0 Å². The molecule has 11 heteroatoms. The molecule has 0 aliphatic carbocycles. The number of aromatic amines is 1. The van der Waals surface area contributed by atoms with Gasteiger partial charge in [-0.15, -0.1) is 0 Å². The van der Waals surface area contributed by atoms with E-state index in [1.807, 2.05) is 0 Å². The van der Waals surface area contributed by atoms with Gasteiger partial charge in [-0.2, -0.15) is 5.10 Å². The molecule has 0 unspecified atom stereocenters. The summed E-state index contributed by atoms with van der Waals surface area (Å²) in [5, 5.41) is 13.2. The molecule has 4 aromatic rings. The third-order valence-corrected chi connectivity index (χ3v) is 5.55. The topological polar surface area (TPSA) is 122 Å². The largest absolute Gasteiger partial charge is 0.326 e. The van der Waals surface area contributed by atoms with E-state index in [9.17, 15) is 14.4 Å². The zero-order chi connectivity index (χ0) is 22.7. The maximum atomic E-state index is 13.0. The van der Waals surface area contributed by atoms with Crippen LogP contribution in [0.5, 0.6) is 0 Å². The van der Waals surface area contributed by atoms with Crippen molar-refractivity contribution in [3.63, 3.8) is 0 Å². The number of nitrogens with zero attached hydrogens (tertiary/aromatic N) is 3. The Balaban J connectivity index is 1.54. The van der Waals surface area contributed by atoms with Crippen molar-refractivity contribution in [2.24, 2.45) is 0 Å². The van der Waals surface area contributed by atoms with Gasteiger partial charge in [0.15, 0.2) is 10.8 Å². The van der Waals surface area contributed by atoms with Crippen molar-refractivity contribution < 1.29 is 9.59 Å². The molecule has 0 spiro atoms. The summed E-state index contributed by atoms with van der Waals surface area (Å²) in [6.45, 7) is 1.42. The van der Waals surface area contributed by atoms with Crippen LogP contribution in [0.25, 0.3) is 16.7 Å². The molecule has 0 fully saturated rings. The van der Waals surface area contributed by atoms with Crippen molar-refractivity contribution in [3.8, 4) is 5.69 Å². The van der Waals surface area contributed by atoms with Crippen molar-refractivity contribution in [2.45, 2.75) is 12.1 Å². The normalized spacial score (nSPS) is 10.8. The average molecular weight is 469 g/mol. The second-order valence-electron chi connectivity index (χ2n) is 6.74. The number of nitrogens with one attached hydrogen (secondary N) is 3. The molecular weight excluding hydrogens is 452 g/mol. The maximum absolute atomic E-state index is 13.0. The predicted molar refractivity (Wildman–Crippen MR) is 125 cm³/mol. The highest BCUT2D eigenvalue weighted by Crippen LogP contribution is 2.22. The van der Waals surface area contributed by atoms with E-state index in [1.54, 1.807) is 48.5 Å². The first kappa shape index (κ1) is 21.6. The van der Waals surface area contributed by atoms with Crippen LogP contribution in [-0.4, -0.2) is 37.3 Å². The summed E-state index contributed by atoms with van der Waals surface area (Å²) in [6.07, 6.45) is 1.42.